The Labute approximate surface area is 143 Å². The Morgan fingerprint density at radius 1 is 1.12 bits per heavy atom. The highest BCUT2D eigenvalue weighted by Gasteiger charge is 2.08. The summed E-state index contributed by atoms with van der Waals surface area (Å²) in [6, 6.07) is 15.8. The topological polar surface area (TPSA) is 65.9 Å². The molecule has 0 unspecified atom stereocenters. The quantitative estimate of drug-likeness (QED) is 0.329. The molecule has 2 aromatic carbocycles. The minimum absolute atomic E-state index is 0.180. The molecular weight excluding hydrogens is 302 g/mol. The summed E-state index contributed by atoms with van der Waals surface area (Å²) in [7, 11) is 1.65. The Bertz CT molecular complexity index is 670. The fourth-order valence-corrected chi connectivity index (χ4v) is 2.22. The van der Waals surface area contributed by atoms with Crippen LogP contribution in [0.4, 0.5) is 5.69 Å². The highest BCUT2D eigenvalue weighted by Crippen LogP contribution is 2.29. The van der Waals surface area contributed by atoms with Crippen LogP contribution in [-0.2, 0) is 4.74 Å². The molecule has 0 aromatic heterocycles. The van der Waals surface area contributed by atoms with E-state index in [2.05, 4.69) is 15.6 Å². The summed E-state index contributed by atoms with van der Waals surface area (Å²) in [5, 5.41) is 16.6. The molecule has 0 saturated carbocycles. The molecule has 0 bridgehead atoms. The van der Waals surface area contributed by atoms with Crippen LogP contribution in [0.2, 0.25) is 0 Å². The monoisotopic (exact) mass is 327 g/mol. The van der Waals surface area contributed by atoms with Gasteiger partial charge in [-0.1, -0.05) is 36.4 Å². The first-order valence-corrected chi connectivity index (χ1v) is 8.05. The van der Waals surface area contributed by atoms with E-state index in [0.717, 1.165) is 11.1 Å². The average Bonchev–Trinajstić information content (AvgIpc) is 2.57. The van der Waals surface area contributed by atoms with Gasteiger partial charge in [-0.15, -0.1) is 0 Å². The number of phenolic OH excluding ortho intramolecular Hbond substituents is 1. The van der Waals surface area contributed by atoms with Gasteiger partial charge in [0, 0.05) is 13.2 Å². The van der Waals surface area contributed by atoms with Crippen LogP contribution in [0.3, 0.4) is 0 Å². The molecule has 0 fully saturated rings. The second-order valence-corrected chi connectivity index (χ2v) is 5.75. The number of aromatic hydroxyl groups is 1. The van der Waals surface area contributed by atoms with Crippen molar-refractivity contribution in [2.45, 2.75) is 19.9 Å². The molecule has 24 heavy (non-hydrogen) atoms. The minimum Gasteiger partial charge on any atom is -0.506 e. The Balaban J connectivity index is 2.24. The van der Waals surface area contributed by atoms with Crippen molar-refractivity contribution in [3.05, 3.63) is 48.5 Å². The van der Waals surface area contributed by atoms with Gasteiger partial charge < -0.3 is 20.5 Å². The Kier molecular flexibility index (Phi) is 6.63. The predicted octanol–water partition coefficient (Wildman–Crippen LogP) is 3.47. The van der Waals surface area contributed by atoms with Crippen LogP contribution in [0.5, 0.6) is 5.75 Å². The molecule has 5 heteroatoms. The SMILES string of the molecule is COCCN=C(Nc1cc(-c2ccccc2)ccc1O)NC(C)C. The molecule has 5 nitrogen and oxygen atoms in total. The summed E-state index contributed by atoms with van der Waals surface area (Å²) in [6.07, 6.45) is 0. The molecular formula is C19H25N3O2. The standard InChI is InChI=1S/C19H25N3O2/c1-14(2)21-19(20-11-12-24-3)22-17-13-16(9-10-18(17)23)15-7-5-4-6-8-15/h4-10,13-14,23H,11-12H2,1-3H3,(H2,20,21,22). The lowest BCUT2D eigenvalue weighted by molar-refractivity contribution is 0.208. The highest BCUT2D eigenvalue weighted by atomic mass is 16.5. The molecule has 2 aromatic rings. The van der Waals surface area contributed by atoms with Crippen LogP contribution >= 0.6 is 0 Å². The number of hydrogen-bond donors (Lipinski definition) is 3. The number of aliphatic imine (C=N–C) groups is 1. The Morgan fingerprint density at radius 3 is 2.54 bits per heavy atom. The van der Waals surface area contributed by atoms with E-state index in [0.29, 0.717) is 24.8 Å². The van der Waals surface area contributed by atoms with Crippen LogP contribution in [0, 0.1) is 0 Å². The van der Waals surface area contributed by atoms with Gasteiger partial charge in [0.2, 0.25) is 0 Å². The van der Waals surface area contributed by atoms with Gasteiger partial charge >= 0.3 is 0 Å². The number of benzene rings is 2. The van der Waals surface area contributed by atoms with Crippen molar-refractivity contribution in [3.8, 4) is 16.9 Å². The molecule has 3 N–H and O–H groups in total. The fourth-order valence-electron chi connectivity index (χ4n) is 2.22. The van der Waals surface area contributed by atoms with Gasteiger partial charge in [0.15, 0.2) is 5.96 Å². The first kappa shape index (κ1) is 17.8. The Hall–Kier alpha value is -2.53. The van der Waals surface area contributed by atoms with Crippen LogP contribution < -0.4 is 10.6 Å². The van der Waals surface area contributed by atoms with Gasteiger partial charge in [-0.25, -0.2) is 0 Å². The maximum atomic E-state index is 10.2. The van der Waals surface area contributed by atoms with Gasteiger partial charge in [-0.2, -0.15) is 0 Å². The third-order valence-corrected chi connectivity index (χ3v) is 3.35. The smallest absolute Gasteiger partial charge is 0.196 e. The third-order valence-electron chi connectivity index (χ3n) is 3.35. The van der Waals surface area contributed by atoms with E-state index in [1.807, 2.05) is 56.3 Å². The lowest BCUT2D eigenvalue weighted by Gasteiger charge is -2.16. The number of anilines is 1. The van der Waals surface area contributed by atoms with Crippen LogP contribution in [0.1, 0.15) is 13.8 Å². The second-order valence-electron chi connectivity index (χ2n) is 5.75. The summed E-state index contributed by atoms with van der Waals surface area (Å²) in [6.45, 7) is 5.15. The lowest BCUT2D eigenvalue weighted by atomic mass is 10.0. The van der Waals surface area contributed by atoms with E-state index < -0.39 is 0 Å². The molecule has 0 amide bonds. The molecule has 0 heterocycles. The van der Waals surface area contributed by atoms with Crippen molar-refractivity contribution in [2.75, 3.05) is 25.6 Å². The number of phenols is 1. The molecule has 0 aliphatic rings. The maximum absolute atomic E-state index is 10.2. The fraction of sp³-hybridized carbons (Fsp3) is 0.316. The van der Waals surface area contributed by atoms with Gasteiger partial charge in [0.1, 0.15) is 5.75 Å². The van der Waals surface area contributed by atoms with Crippen molar-refractivity contribution >= 4 is 11.6 Å². The van der Waals surface area contributed by atoms with E-state index >= 15 is 0 Å². The van der Waals surface area contributed by atoms with E-state index in [-0.39, 0.29) is 11.8 Å². The molecule has 0 spiro atoms. The summed E-state index contributed by atoms with van der Waals surface area (Å²) in [5.41, 5.74) is 2.73. The van der Waals surface area contributed by atoms with E-state index in [9.17, 15) is 5.11 Å². The zero-order chi connectivity index (χ0) is 17.4. The predicted molar refractivity (Wildman–Crippen MR) is 99.6 cm³/mol. The number of rotatable bonds is 6. The summed E-state index contributed by atoms with van der Waals surface area (Å²) in [5.74, 6) is 0.794. The second kappa shape index (κ2) is 8.93. The van der Waals surface area contributed by atoms with Gasteiger partial charge in [0.25, 0.3) is 0 Å². The van der Waals surface area contributed by atoms with Crippen molar-refractivity contribution in [1.82, 2.24) is 5.32 Å². The maximum Gasteiger partial charge on any atom is 0.196 e. The van der Waals surface area contributed by atoms with Crippen LogP contribution in [-0.4, -0.2) is 37.4 Å². The first-order valence-electron chi connectivity index (χ1n) is 8.05. The van der Waals surface area contributed by atoms with Gasteiger partial charge in [-0.3, -0.25) is 4.99 Å². The number of hydrogen-bond acceptors (Lipinski definition) is 3. The molecule has 0 radical (unpaired) electrons. The van der Waals surface area contributed by atoms with Crippen molar-refractivity contribution in [1.29, 1.82) is 0 Å². The highest BCUT2D eigenvalue weighted by molar-refractivity contribution is 5.95. The summed E-state index contributed by atoms with van der Waals surface area (Å²) < 4.78 is 5.04. The number of guanidine groups is 1. The average molecular weight is 327 g/mol. The number of ether oxygens (including phenoxy) is 1. The normalized spacial score (nSPS) is 11.6. The first-order chi connectivity index (χ1) is 11.6. The van der Waals surface area contributed by atoms with E-state index in [1.54, 1.807) is 13.2 Å². The number of nitrogens with one attached hydrogen (secondary N) is 2. The largest absolute Gasteiger partial charge is 0.506 e. The zero-order valence-corrected chi connectivity index (χ0v) is 14.4. The third kappa shape index (κ3) is 5.28. The van der Waals surface area contributed by atoms with Gasteiger partial charge in [0.05, 0.1) is 18.8 Å². The van der Waals surface area contributed by atoms with Crippen LogP contribution in [0.15, 0.2) is 53.5 Å². The van der Waals surface area contributed by atoms with E-state index in [4.69, 9.17) is 4.74 Å². The van der Waals surface area contributed by atoms with Crippen molar-refractivity contribution in [3.63, 3.8) is 0 Å². The van der Waals surface area contributed by atoms with Gasteiger partial charge in [-0.05, 0) is 37.1 Å². The molecule has 0 aliphatic carbocycles. The molecule has 2 rings (SSSR count). The summed E-state index contributed by atoms with van der Waals surface area (Å²) in [4.78, 5) is 4.45. The molecule has 128 valence electrons. The Morgan fingerprint density at radius 2 is 1.88 bits per heavy atom. The van der Waals surface area contributed by atoms with Crippen molar-refractivity contribution in [2.24, 2.45) is 4.99 Å². The molecule has 0 atom stereocenters. The van der Waals surface area contributed by atoms with Crippen LogP contribution in [0.25, 0.3) is 11.1 Å². The number of methoxy groups -OCH3 is 1. The summed E-state index contributed by atoms with van der Waals surface area (Å²) >= 11 is 0. The zero-order valence-electron chi connectivity index (χ0n) is 14.4. The van der Waals surface area contributed by atoms with E-state index in [1.165, 1.54) is 0 Å². The number of nitrogens with zero attached hydrogens (tertiary/aromatic N) is 1. The lowest BCUT2D eigenvalue weighted by Crippen LogP contribution is -2.36. The molecule has 0 aliphatic heterocycles. The van der Waals surface area contributed by atoms with Crippen molar-refractivity contribution < 1.29 is 9.84 Å². The molecule has 0 saturated heterocycles. The minimum atomic E-state index is 0.180.